The number of amides is 1. The van der Waals surface area contributed by atoms with E-state index in [1.54, 1.807) is 18.4 Å². The summed E-state index contributed by atoms with van der Waals surface area (Å²) < 4.78 is 8.49. The zero-order chi connectivity index (χ0) is 22.6. The molecule has 7 nitrogen and oxygen atoms in total. The van der Waals surface area contributed by atoms with E-state index in [0.717, 1.165) is 49.5 Å². The predicted molar refractivity (Wildman–Crippen MR) is 129 cm³/mol. The summed E-state index contributed by atoms with van der Waals surface area (Å²) in [6, 6.07) is 5.93. The van der Waals surface area contributed by atoms with Gasteiger partial charge in [-0.05, 0) is 37.1 Å². The summed E-state index contributed by atoms with van der Waals surface area (Å²) in [5, 5.41) is 6.19. The van der Waals surface area contributed by atoms with Crippen LogP contribution in [0.1, 0.15) is 23.6 Å². The number of hydrogen-bond donors (Lipinski definition) is 1. The zero-order valence-corrected chi connectivity index (χ0v) is 19.3. The molecule has 0 unspecified atom stereocenters. The van der Waals surface area contributed by atoms with Gasteiger partial charge in [-0.25, -0.2) is 9.50 Å². The molecule has 1 aliphatic rings. The number of benzene rings is 1. The summed E-state index contributed by atoms with van der Waals surface area (Å²) in [6.45, 7) is 6.99. The first-order valence-corrected chi connectivity index (χ1v) is 11.4. The van der Waals surface area contributed by atoms with Crippen molar-refractivity contribution in [3.05, 3.63) is 53.5 Å². The predicted octanol–water partition coefficient (Wildman–Crippen LogP) is 4.67. The lowest BCUT2D eigenvalue weighted by Gasteiger charge is -2.14. The number of carbonyl (C=O) groups excluding carboxylic acids is 1. The van der Waals surface area contributed by atoms with Crippen LogP contribution >= 0.6 is 22.9 Å². The van der Waals surface area contributed by atoms with Gasteiger partial charge in [0.15, 0.2) is 5.82 Å². The minimum Gasteiger partial charge on any atom is -0.495 e. The number of halogens is 1. The molecule has 2 N–H and O–H groups in total. The normalized spacial score (nSPS) is 16.2. The molecule has 32 heavy (non-hydrogen) atoms. The van der Waals surface area contributed by atoms with E-state index in [1.807, 2.05) is 21.5 Å². The van der Waals surface area contributed by atoms with Gasteiger partial charge in [-0.1, -0.05) is 18.2 Å². The SMILES string of the molecule is C=CC(=O)N1CC[C@H](c2cc(-c3sc4c(OC)cc(Cl)cc4c3C)c3c(N)ncnn23)C1. The minimum absolute atomic E-state index is 0.0490. The molecule has 4 heterocycles. The first-order chi connectivity index (χ1) is 15.4. The van der Waals surface area contributed by atoms with E-state index in [-0.39, 0.29) is 11.8 Å². The number of methoxy groups -OCH3 is 1. The largest absolute Gasteiger partial charge is 0.495 e. The molecule has 9 heteroatoms. The molecule has 0 radical (unpaired) electrons. The number of ether oxygens (including phenoxy) is 1. The smallest absolute Gasteiger partial charge is 0.245 e. The second kappa shape index (κ2) is 7.79. The van der Waals surface area contributed by atoms with Crippen molar-refractivity contribution >= 4 is 50.3 Å². The highest BCUT2D eigenvalue weighted by Gasteiger charge is 2.30. The van der Waals surface area contributed by atoms with Crippen LogP contribution in [0, 0.1) is 6.92 Å². The number of anilines is 1. The quantitative estimate of drug-likeness (QED) is 0.441. The third-order valence-electron chi connectivity index (χ3n) is 6.14. The molecule has 164 valence electrons. The average molecular weight is 468 g/mol. The van der Waals surface area contributed by atoms with Crippen LogP contribution in [0.3, 0.4) is 0 Å². The first-order valence-electron chi connectivity index (χ1n) is 10.2. The maximum Gasteiger partial charge on any atom is 0.245 e. The number of nitrogens with zero attached hydrogens (tertiary/aromatic N) is 4. The number of thiophene rings is 1. The Labute approximate surface area is 194 Å². The topological polar surface area (TPSA) is 85.8 Å². The Bertz CT molecular complexity index is 1390. The molecule has 3 aromatic heterocycles. The number of nitrogens with two attached hydrogens (primary N) is 1. The molecule has 1 saturated heterocycles. The summed E-state index contributed by atoms with van der Waals surface area (Å²) >= 11 is 7.97. The van der Waals surface area contributed by atoms with Gasteiger partial charge in [0.05, 0.1) is 11.8 Å². The van der Waals surface area contributed by atoms with E-state index in [4.69, 9.17) is 22.1 Å². The van der Waals surface area contributed by atoms with Crippen molar-refractivity contribution < 1.29 is 9.53 Å². The monoisotopic (exact) mass is 467 g/mol. The van der Waals surface area contributed by atoms with Crippen LogP contribution in [0.4, 0.5) is 5.82 Å². The Morgan fingerprint density at radius 1 is 1.41 bits per heavy atom. The summed E-state index contributed by atoms with van der Waals surface area (Å²) in [7, 11) is 1.65. The van der Waals surface area contributed by atoms with E-state index in [0.29, 0.717) is 23.9 Å². The van der Waals surface area contributed by atoms with Crippen LogP contribution < -0.4 is 10.5 Å². The minimum atomic E-state index is -0.0490. The van der Waals surface area contributed by atoms with Crippen LogP contribution in [0.25, 0.3) is 26.0 Å². The van der Waals surface area contributed by atoms with Crippen molar-refractivity contribution in [2.75, 3.05) is 25.9 Å². The number of nitrogen functional groups attached to an aromatic ring is 1. The number of aromatic nitrogens is 3. The van der Waals surface area contributed by atoms with Gasteiger partial charge >= 0.3 is 0 Å². The second-order valence-electron chi connectivity index (χ2n) is 7.90. The summed E-state index contributed by atoms with van der Waals surface area (Å²) in [6.07, 6.45) is 3.69. The highest BCUT2D eigenvalue weighted by molar-refractivity contribution is 7.23. The summed E-state index contributed by atoms with van der Waals surface area (Å²) in [4.78, 5) is 19.2. The highest BCUT2D eigenvalue weighted by atomic mass is 35.5. The van der Waals surface area contributed by atoms with Crippen molar-refractivity contribution in [1.29, 1.82) is 0 Å². The van der Waals surface area contributed by atoms with Crippen molar-refractivity contribution in [2.45, 2.75) is 19.3 Å². The summed E-state index contributed by atoms with van der Waals surface area (Å²) in [5.74, 6) is 1.26. The molecule has 1 amide bonds. The third kappa shape index (κ3) is 3.13. The third-order valence-corrected chi connectivity index (χ3v) is 7.71. The van der Waals surface area contributed by atoms with Crippen molar-refractivity contribution in [1.82, 2.24) is 19.5 Å². The van der Waals surface area contributed by atoms with Gasteiger partial charge < -0.3 is 15.4 Å². The molecular formula is C23H22ClN5O2S. The lowest BCUT2D eigenvalue weighted by atomic mass is 10.0. The van der Waals surface area contributed by atoms with Crippen molar-refractivity contribution in [2.24, 2.45) is 0 Å². The average Bonchev–Trinajstić information content (AvgIpc) is 3.49. The fraction of sp³-hybridized carbons (Fsp3) is 0.261. The van der Waals surface area contributed by atoms with Gasteiger partial charge in [-0.3, -0.25) is 4.79 Å². The van der Waals surface area contributed by atoms with Crippen molar-refractivity contribution in [3.8, 4) is 16.2 Å². The van der Waals surface area contributed by atoms with Crippen LogP contribution in [0.2, 0.25) is 5.02 Å². The van der Waals surface area contributed by atoms with E-state index in [2.05, 4.69) is 29.7 Å². The molecule has 1 aliphatic heterocycles. The Morgan fingerprint density at radius 2 is 2.22 bits per heavy atom. The van der Waals surface area contributed by atoms with Gasteiger partial charge in [-0.15, -0.1) is 11.3 Å². The molecule has 1 fully saturated rings. The molecule has 4 aromatic rings. The molecule has 1 aromatic carbocycles. The molecule has 5 rings (SSSR count). The van der Waals surface area contributed by atoms with E-state index in [1.165, 1.54) is 12.4 Å². The molecule has 0 saturated carbocycles. The number of fused-ring (bicyclic) bond motifs is 2. The fourth-order valence-electron chi connectivity index (χ4n) is 4.55. The standard InChI is InChI=1S/C23H22ClN5O2S/c1-4-19(30)28-6-5-13(10-28)17-9-16(20-23(25)26-11-27-29(17)20)21-12(2)15-7-14(24)8-18(31-3)22(15)32-21/h4,7-9,11,13H,1,5-6,10H2,2-3H3,(H2,25,26,27)/t13-/m0/s1. The maximum atomic E-state index is 12.1. The van der Waals surface area contributed by atoms with Gasteiger partial charge in [0.25, 0.3) is 0 Å². The number of aryl methyl sites for hydroxylation is 1. The van der Waals surface area contributed by atoms with Crippen LogP contribution in [-0.2, 0) is 4.79 Å². The molecule has 0 spiro atoms. The van der Waals surface area contributed by atoms with Gasteiger partial charge in [0.1, 0.15) is 17.6 Å². The Morgan fingerprint density at radius 3 is 2.97 bits per heavy atom. The second-order valence-corrected chi connectivity index (χ2v) is 9.36. The van der Waals surface area contributed by atoms with E-state index < -0.39 is 0 Å². The van der Waals surface area contributed by atoms with Crippen LogP contribution in [0.15, 0.2) is 37.2 Å². The van der Waals surface area contributed by atoms with Gasteiger partial charge in [0, 0.05) is 51.6 Å². The lowest BCUT2D eigenvalue weighted by Crippen LogP contribution is -2.26. The zero-order valence-electron chi connectivity index (χ0n) is 17.8. The van der Waals surface area contributed by atoms with Crippen molar-refractivity contribution in [3.63, 3.8) is 0 Å². The molecule has 0 bridgehead atoms. The van der Waals surface area contributed by atoms with Crippen LogP contribution in [-0.4, -0.2) is 45.6 Å². The Hall–Kier alpha value is -3.10. The number of hydrogen-bond acceptors (Lipinski definition) is 6. The molecule has 0 aliphatic carbocycles. The van der Waals surface area contributed by atoms with E-state index >= 15 is 0 Å². The Balaban J connectivity index is 1.70. The molecular weight excluding hydrogens is 446 g/mol. The van der Waals surface area contributed by atoms with Crippen LogP contribution in [0.5, 0.6) is 5.75 Å². The number of rotatable bonds is 4. The number of carbonyl (C=O) groups is 1. The lowest BCUT2D eigenvalue weighted by molar-refractivity contribution is -0.125. The first kappa shape index (κ1) is 20.8. The van der Waals surface area contributed by atoms with E-state index in [9.17, 15) is 4.79 Å². The highest BCUT2D eigenvalue weighted by Crippen LogP contribution is 2.46. The molecule has 1 atom stereocenters. The Kier molecular flexibility index (Phi) is 5.06. The fourth-order valence-corrected chi connectivity index (χ4v) is 6.05. The maximum absolute atomic E-state index is 12.1. The van der Waals surface area contributed by atoms with Gasteiger partial charge in [0.2, 0.25) is 5.91 Å². The van der Waals surface area contributed by atoms with Gasteiger partial charge in [-0.2, -0.15) is 5.10 Å². The number of likely N-dealkylation sites (tertiary alicyclic amines) is 1. The summed E-state index contributed by atoms with van der Waals surface area (Å²) in [5.41, 5.74) is 10.2.